The summed E-state index contributed by atoms with van der Waals surface area (Å²) in [5.41, 5.74) is 3.47. The van der Waals surface area contributed by atoms with Gasteiger partial charge in [-0.15, -0.1) is 0 Å². The minimum absolute atomic E-state index is 0. The quantitative estimate of drug-likeness (QED) is 0.0934. The summed E-state index contributed by atoms with van der Waals surface area (Å²) >= 11 is 0. The molecule has 0 bridgehead atoms. The smallest absolute Gasteiger partial charge is 0.790 e. The molecule has 5 atom stereocenters. The Labute approximate surface area is 348 Å². The fourth-order valence-electron chi connectivity index (χ4n) is 6.70. The van der Waals surface area contributed by atoms with Crippen LogP contribution in [0.3, 0.4) is 0 Å². The van der Waals surface area contributed by atoms with Gasteiger partial charge in [-0.1, -0.05) is 92.7 Å². The third-order valence-corrected chi connectivity index (χ3v) is 9.59. The molecule has 0 radical (unpaired) electrons. The monoisotopic (exact) mass is 790 g/mol. The number of ether oxygens (including phenoxy) is 2. The number of phosphoric ester groups is 1. The second-order valence-electron chi connectivity index (χ2n) is 13.8. The van der Waals surface area contributed by atoms with Gasteiger partial charge in [0, 0.05) is 19.1 Å². The topological polar surface area (TPSA) is 181 Å². The Bertz CT molecular complexity index is 1680. The zero-order valence-corrected chi connectivity index (χ0v) is 34.8. The summed E-state index contributed by atoms with van der Waals surface area (Å²) in [4.78, 5) is 65.4. The van der Waals surface area contributed by atoms with Crippen LogP contribution in [0.5, 0.6) is 5.75 Å². The van der Waals surface area contributed by atoms with E-state index in [1.807, 2.05) is 107 Å². The number of carbonyl (C=O) groups is 3. The van der Waals surface area contributed by atoms with Gasteiger partial charge in [-0.2, -0.15) is 0 Å². The van der Waals surface area contributed by atoms with Gasteiger partial charge in [0.05, 0.1) is 20.0 Å². The molecule has 54 heavy (non-hydrogen) atoms. The molecule has 0 aromatic heterocycles. The van der Waals surface area contributed by atoms with Crippen LogP contribution >= 0.6 is 7.82 Å². The van der Waals surface area contributed by atoms with Crippen LogP contribution in [0.1, 0.15) is 55.9 Å². The predicted octanol–water partition coefficient (Wildman–Crippen LogP) is 3.16. The van der Waals surface area contributed by atoms with Gasteiger partial charge >= 0.3 is 43.8 Å². The SMILES string of the molecule is Cc1cccc(C)c1OCC(=O)N[C@@H](Cc1ccccc1)[C@H](C[C@@H](Cc1ccccc1)NC(=O)[C@H](C(C)C)N1CCCNC1=O)OC(C)OP(=O)([O-])[O-].[Ca+2]. The molecular formula is C39H51CaN4O9P. The van der Waals surface area contributed by atoms with E-state index in [0.717, 1.165) is 22.3 Å². The Hall–Kier alpha value is -3.00. The van der Waals surface area contributed by atoms with Gasteiger partial charge in [-0.25, -0.2) is 4.79 Å². The van der Waals surface area contributed by atoms with E-state index in [2.05, 4.69) is 16.0 Å². The van der Waals surface area contributed by atoms with Crippen molar-refractivity contribution in [1.82, 2.24) is 20.9 Å². The first-order valence-electron chi connectivity index (χ1n) is 18.0. The number of urea groups is 1. The normalized spacial score (nSPS) is 15.9. The molecule has 1 heterocycles. The fourth-order valence-corrected chi connectivity index (χ4v) is 7.11. The minimum Gasteiger partial charge on any atom is -0.790 e. The van der Waals surface area contributed by atoms with Crippen LogP contribution in [0, 0.1) is 19.8 Å². The molecule has 1 aliphatic heterocycles. The molecule has 0 spiro atoms. The van der Waals surface area contributed by atoms with E-state index >= 15 is 0 Å². The van der Waals surface area contributed by atoms with Crippen molar-refractivity contribution < 1.29 is 42.7 Å². The molecule has 15 heteroatoms. The summed E-state index contributed by atoms with van der Waals surface area (Å²) in [5.74, 6) is -0.461. The van der Waals surface area contributed by atoms with Crippen molar-refractivity contribution in [3.05, 3.63) is 101 Å². The van der Waals surface area contributed by atoms with Gasteiger partial charge in [0.1, 0.15) is 11.8 Å². The van der Waals surface area contributed by atoms with Gasteiger partial charge < -0.3 is 49.2 Å². The van der Waals surface area contributed by atoms with Crippen molar-refractivity contribution >= 4 is 63.4 Å². The zero-order chi connectivity index (χ0) is 38.5. The van der Waals surface area contributed by atoms with Crippen LogP contribution < -0.4 is 30.5 Å². The number of aryl methyl sites for hydroxylation is 2. The molecule has 1 fully saturated rings. The van der Waals surface area contributed by atoms with Gasteiger partial charge in [0.25, 0.3) is 5.91 Å². The number of nitrogens with one attached hydrogen (secondary N) is 3. The van der Waals surface area contributed by atoms with Crippen molar-refractivity contribution in [1.29, 1.82) is 0 Å². The summed E-state index contributed by atoms with van der Waals surface area (Å²) in [6.07, 6.45) is -1.18. The van der Waals surface area contributed by atoms with E-state index < -0.39 is 44.2 Å². The largest absolute Gasteiger partial charge is 2.00 e. The maximum atomic E-state index is 14.1. The van der Waals surface area contributed by atoms with Gasteiger partial charge in [0.2, 0.25) is 5.91 Å². The third-order valence-electron chi connectivity index (χ3n) is 9.03. The molecular weight excluding hydrogens is 740 g/mol. The van der Waals surface area contributed by atoms with E-state index in [4.69, 9.17) is 14.0 Å². The number of benzene rings is 3. The van der Waals surface area contributed by atoms with Crippen LogP contribution in [-0.4, -0.2) is 111 Å². The fraction of sp³-hybridized carbons (Fsp3) is 0.462. The molecule has 13 nitrogen and oxygen atoms in total. The molecule has 1 unspecified atom stereocenters. The summed E-state index contributed by atoms with van der Waals surface area (Å²) in [7, 11) is -5.46. The zero-order valence-electron chi connectivity index (χ0n) is 31.7. The first kappa shape index (κ1) is 45.4. The number of phosphoric acid groups is 1. The Balaban J connectivity index is 0.00000784. The molecule has 4 amide bonds. The number of nitrogens with zero attached hydrogens (tertiary/aromatic N) is 1. The van der Waals surface area contributed by atoms with Gasteiger partial charge in [-0.3, -0.25) is 9.59 Å². The van der Waals surface area contributed by atoms with Crippen LogP contribution in [0.4, 0.5) is 4.79 Å². The Morgan fingerprint density at radius 3 is 2.04 bits per heavy atom. The number of hydrogen-bond donors (Lipinski definition) is 3. The Morgan fingerprint density at radius 1 is 0.889 bits per heavy atom. The number of carbonyl (C=O) groups excluding carboxylic acids is 3. The van der Waals surface area contributed by atoms with E-state index in [1.165, 1.54) is 6.92 Å². The summed E-state index contributed by atoms with van der Waals surface area (Å²) in [5, 5.41) is 8.99. The molecule has 1 saturated heterocycles. The first-order chi connectivity index (χ1) is 25.2. The molecule has 0 aliphatic carbocycles. The van der Waals surface area contributed by atoms with E-state index in [0.29, 0.717) is 31.7 Å². The summed E-state index contributed by atoms with van der Waals surface area (Å²) in [6.45, 7) is 9.44. The van der Waals surface area contributed by atoms with E-state index in [-0.39, 0.29) is 75.0 Å². The molecule has 4 rings (SSSR count). The number of para-hydroxylation sites is 1. The van der Waals surface area contributed by atoms with Crippen molar-refractivity contribution in [3.63, 3.8) is 0 Å². The first-order valence-corrected chi connectivity index (χ1v) is 19.4. The van der Waals surface area contributed by atoms with Gasteiger partial charge in [-0.05, 0) is 74.6 Å². The van der Waals surface area contributed by atoms with E-state index in [1.54, 1.807) is 4.90 Å². The third kappa shape index (κ3) is 14.6. The Morgan fingerprint density at radius 2 is 1.48 bits per heavy atom. The van der Waals surface area contributed by atoms with E-state index in [9.17, 15) is 28.7 Å². The minimum atomic E-state index is -5.46. The average molecular weight is 791 g/mol. The average Bonchev–Trinajstić information content (AvgIpc) is 3.08. The molecule has 1 aliphatic rings. The summed E-state index contributed by atoms with van der Waals surface area (Å²) < 4.78 is 28.5. The number of hydrogen-bond acceptors (Lipinski definition) is 9. The maximum Gasteiger partial charge on any atom is 2.00 e. The summed E-state index contributed by atoms with van der Waals surface area (Å²) in [6, 6.07) is 21.9. The van der Waals surface area contributed by atoms with Gasteiger partial charge in [0.15, 0.2) is 12.9 Å². The predicted molar refractivity (Wildman–Crippen MR) is 202 cm³/mol. The number of amides is 4. The molecule has 3 aromatic rings. The van der Waals surface area contributed by atoms with Crippen molar-refractivity contribution in [2.24, 2.45) is 5.92 Å². The molecule has 3 aromatic carbocycles. The van der Waals surface area contributed by atoms with Crippen LogP contribution in [-0.2, 0) is 36.3 Å². The van der Waals surface area contributed by atoms with Crippen LogP contribution in [0.2, 0.25) is 0 Å². The van der Waals surface area contributed by atoms with Crippen molar-refractivity contribution in [2.45, 2.75) is 90.8 Å². The second kappa shape index (κ2) is 21.9. The molecule has 3 N–H and O–H groups in total. The molecule has 288 valence electrons. The van der Waals surface area contributed by atoms with Crippen molar-refractivity contribution in [3.8, 4) is 5.75 Å². The Kier molecular flexibility index (Phi) is 18.4. The standard InChI is InChI=1S/C39H53N4O9P.Ca/c1-26(2)36(43-21-13-20-40-39(43)46)38(45)41-32(22-30-16-8-6-9-17-30)24-34(51-29(5)52-53(47,48)49)33(23-31-18-10-7-11-19-31)42-35(44)25-50-37-27(3)14-12-15-28(37)4;/h6-12,14-19,26,29,32-34,36H,13,20-25H2,1-5H3,(H,40,46)(H,41,45)(H,42,44)(H2,47,48,49);/q;+2/p-2/t29?,32-,33+,34+,36+;/m1./s1. The van der Waals surface area contributed by atoms with Crippen LogP contribution in [0.15, 0.2) is 78.9 Å². The molecule has 0 saturated carbocycles. The number of rotatable bonds is 19. The van der Waals surface area contributed by atoms with Crippen molar-refractivity contribution in [2.75, 3.05) is 19.7 Å². The maximum absolute atomic E-state index is 14.1. The van der Waals surface area contributed by atoms with Crippen LogP contribution in [0.25, 0.3) is 0 Å². The second-order valence-corrected chi connectivity index (χ2v) is 14.9.